The van der Waals surface area contributed by atoms with Crippen LogP contribution in [-0.4, -0.2) is 26.3 Å². The molecule has 0 bridgehead atoms. The zero-order chi connectivity index (χ0) is 21.3. The minimum atomic E-state index is -0.446. The molecule has 0 aliphatic carbocycles. The van der Waals surface area contributed by atoms with Crippen LogP contribution in [0.4, 0.5) is 0 Å². The van der Waals surface area contributed by atoms with Crippen molar-refractivity contribution in [2.45, 2.75) is 32.4 Å². The number of nitrogens with one attached hydrogen (secondary N) is 1. The highest BCUT2D eigenvalue weighted by molar-refractivity contribution is 5.84. The molecule has 0 aliphatic heterocycles. The highest BCUT2D eigenvalue weighted by Gasteiger charge is 2.15. The molecule has 2 aromatic heterocycles. The molecule has 154 valence electrons. The number of carbonyl (C=O) groups excluding carboxylic acids is 1. The van der Waals surface area contributed by atoms with E-state index in [1.807, 2.05) is 37.3 Å². The van der Waals surface area contributed by atoms with Gasteiger partial charge in [0, 0.05) is 37.9 Å². The molecule has 1 amide bonds. The van der Waals surface area contributed by atoms with E-state index in [0.717, 1.165) is 5.39 Å². The highest BCUT2D eigenvalue weighted by atomic mass is 16.4. The van der Waals surface area contributed by atoms with Gasteiger partial charge in [0.15, 0.2) is 5.58 Å². The quantitative estimate of drug-likeness (QED) is 0.528. The first kappa shape index (κ1) is 19.6. The summed E-state index contributed by atoms with van der Waals surface area (Å²) in [6.45, 7) is 2.15. The van der Waals surface area contributed by atoms with Crippen molar-refractivity contribution < 1.29 is 9.21 Å². The summed E-state index contributed by atoms with van der Waals surface area (Å²) >= 11 is 0. The van der Waals surface area contributed by atoms with Crippen molar-refractivity contribution in [1.29, 1.82) is 0 Å². The number of rotatable bonds is 6. The van der Waals surface area contributed by atoms with Gasteiger partial charge in [0.1, 0.15) is 0 Å². The number of hydrogen-bond donors (Lipinski definition) is 1. The molecule has 0 saturated heterocycles. The smallest absolute Gasteiger partial charge is 0.408 e. The number of aromatic nitrogens is 3. The Labute approximate surface area is 171 Å². The molecule has 2 heterocycles. The lowest BCUT2D eigenvalue weighted by atomic mass is 10.1. The third-order valence-corrected chi connectivity index (χ3v) is 5.06. The van der Waals surface area contributed by atoms with Gasteiger partial charge in [-0.05, 0) is 25.1 Å². The number of oxazole rings is 1. The molecule has 0 aliphatic rings. The maximum Gasteiger partial charge on any atom is 0.420 e. The molecule has 0 spiro atoms. The van der Waals surface area contributed by atoms with Crippen LogP contribution in [0.1, 0.15) is 19.0 Å². The van der Waals surface area contributed by atoms with Gasteiger partial charge < -0.3 is 9.73 Å². The third kappa shape index (κ3) is 3.76. The zero-order valence-corrected chi connectivity index (χ0v) is 16.8. The van der Waals surface area contributed by atoms with E-state index in [9.17, 15) is 14.4 Å². The molecule has 4 rings (SSSR count). The van der Waals surface area contributed by atoms with Gasteiger partial charge >= 0.3 is 5.76 Å². The Bertz CT molecular complexity index is 1350. The first-order valence-electron chi connectivity index (χ1n) is 9.76. The molecule has 30 heavy (non-hydrogen) atoms. The summed E-state index contributed by atoms with van der Waals surface area (Å²) in [7, 11) is 1.60. The van der Waals surface area contributed by atoms with Crippen LogP contribution in [0.15, 0.2) is 62.5 Å². The van der Waals surface area contributed by atoms with Gasteiger partial charge in [-0.1, -0.05) is 30.3 Å². The lowest BCUT2D eigenvalue weighted by molar-refractivity contribution is -0.121. The van der Waals surface area contributed by atoms with E-state index < -0.39 is 5.76 Å². The van der Waals surface area contributed by atoms with Crippen molar-refractivity contribution in [3.63, 3.8) is 0 Å². The van der Waals surface area contributed by atoms with Gasteiger partial charge in [0.05, 0.1) is 16.6 Å². The number of benzene rings is 2. The zero-order valence-electron chi connectivity index (χ0n) is 16.8. The minimum Gasteiger partial charge on any atom is -0.408 e. The summed E-state index contributed by atoms with van der Waals surface area (Å²) in [5.41, 5.74) is 1.76. The number of hydrogen-bond acceptors (Lipinski definition) is 5. The average molecular weight is 406 g/mol. The Morgan fingerprint density at radius 1 is 1.10 bits per heavy atom. The third-order valence-electron chi connectivity index (χ3n) is 5.06. The van der Waals surface area contributed by atoms with Gasteiger partial charge in [-0.25, -0.2) is 9.48 Å². The van der Waals surface area contributed by atoms with Gasteiger partial charge in [-0.15, -0.1) is 0 Å². The van der Waals surface area contributed by atoms with Crippen molar-refractivity contribution in [3.05, 3.63) is 75.1 Å². The van der Waals surface area contributed by atoms with Crippen molar-refractivity contribution in [1.82, 2.24) is 19.7 Å². The lowest BCUT2D eigenvalue weighted by Crippen LogP contribution is -2.37. The minimum absolute atomic E-state index is 0.150. The van der Waals surface area contributed by atoms with E-state index in [1.54, 1.807) is 25.2 Å². The SMILES string of the molecule is C[C@H](Cn1c(=O)oc2ccccc21)NC(=O)CCc1nn(C)c(=O)c2ccccc12. The molecular formula is C22H22N4O4. The van der Waals surface area contributed by atoms with E-state index in [0.29, 0.717) is 35.1 Å². The fourth-order valence-corrected chi connectivity index (χ4v) is 3.65. The number of para-hydroxylation sites is 2. The molecule has 8 nitrogen and oxygen atoms in total. The van der Waals surface area contributed by atoms with Crippen LogP contribution in [0, 0.1) is 0 Å². The van der Waals surface area contributed by atoms with Crippen LogP contribution in [0.25, 0.3) is 21.9 Å². The summed E-state index contributed by atoms with van der Waals surface area (Å²) in [6.07, 6.45) is 0.627. The largest absolute Gasteiger partial charge is 0.420 e. The number of amides is 1. The predicted octanol–water partition coefficient (Wildman–Crippen LogP) is 1.98. The normalized spacial score (nSPS) is 12.3. The van der Waals surface area contributed by atoms with E-state index >= 15 is 0 Å². The molecular weight excluding hydrogens is 384 g/mol. The van der Waals surface area contributed by atoms with Crippen LogP contribution < -0.4 is 16.6 Å². The number of nitrogens with zero attached hydrogens (tertiary/aromatic N) is 3. The fourth-order valence-electron chi connectivity index (χ4n) is 3.65. The molecule has 0 radical (unpaired) electrons. The van der Waals surface area contributed by atoms with E-state index in [2.05, 4.69) is 10.4 Å². The molecule has 1 N–H and O–H groups in total. The van der Waals surface area contributed by atoms with E-state index in [4.69, 9.17) is 4.42 Å². The number of carbonyl (C=O) groups is 1. The number of fused-ring (bicyclic) bond motifs is 2. The molecule has 0 saturated carbocycles. The van der Waals surface area contributed by atoms with E-state index in [1.165, 1.54) is 9.25 Å². The average Bonchev–Trinajstić information content (AvgIpc) is 3.05. The Morgan fingerprint density at radius 3 is 2.60 bits per heavy atom. The summed E-state index contributed by atoms with van der Waals surface area (Å²) in [4.78, 5) is 36.8. The van der Waals surface area contributed by atoms with Crippen molar-refractivity contribution in [2.24, 2.45) is 7.05 Å². The van der Waals surface area contributed by atoms with Gasteiger partial charge in [-0.3, -0.25) is 14.2 Å². The first-order chi connectivity index (χ1) is 14.4. The van der Waals surface area contributed by atoms with Gasteiger partial charge in [-0.2, -0.15) is 5.10 Å². The topological polar surface area (TPSA) is 99.1 Å². The molecule has 0 unspecified atom stereocenters. The van der Waals surface area contributed by atoms with Crippen molar-refractivity contribution in [3.8, 4) is 0 Å². The summed E-state index contributed by atoms with van der Waals surface area (Å²) < 4.78 is 8.05. The van der Waals surface area contributed by atoms with Crippen LogP contribution in [0.5, 0.6) is 0 Å². The Morgan fingerprint density at radius 2 is 1.80 bits per heavy atom. The van der Waals surface area contributed by atoms with Gasteiger partial charge in [0.25, 0.3) is 5.56 Å². The monoisotopic (exact) mass is 406 g/mol. The lowest BCUT2D eigenvalue weighted by Gasteiger charge is -2.14. The Kier molecular flexibility index (Phi) is 5.22. The Hall–Kier alpha value is -3.68. The van der Waals surface area contributed by atoms with Crippen LogP contribution in [-0.2, 0) is 24.8 Å². The van der Waals surface area contributed by atoms with Crippen LogP contribution >= 0.6 is 0 Å². The van der Waals surface area contributed by atoms with Crippen molar-refractivity contribution in [2.75, 3.05) is 0 Å². The fraction of sp³-hybridized carbons (Fsp3) is 0.273. The van der Waals surface area contributed by atoms with Crippen LogP contribution in [0.3, 0.4) is 0 Å². The highest BCUT2D eigenvalue weighted by Crippen LogP contribution is 2.15. The molecule has 2 aromatic carbocycles. The number of aryl methyl sites for hydroxylation is 2. The second-order valence-electron chi connectivity index (χ2n) is 7.34. The van der Waals surface area contributed by atoms with E-state index in [-0.39, 0.29) is 23.9 Å². The van der Waals surface area contributed by atoms with Crippen LogP contribution in [0.2, 0.25) is 0 Å². The summed E-state index contributed by atoms with van der Waals surface area (Å²) in [5.74, 6) is -0.596. The first-order valence-corrected chi connectivity index (χ1v) is 9.76. The van der Waals surface area contributed by atoms with Crippen molar-refractivity contribution >= 4 is 27.8 Å². The summed E-state index contributed by atoms with van der Waals surface area (Å²) in [5, 5.41) is 8.59. The molecule has 4 aromatic rings. The standard InChI is InChI=1S/C22H22N4O4/c1-14(13-26-18-9-5-6-10-19(18)30-22(26)29)23-20(27)12-11-17-15-7-3-4-8-16(15)21(28)25(2)24-17/h3-10,14H,11-13H2,1-2H3,(H,23,27)/t14-/m1/s1. The molecule has 1 atom stereocenters. The maximum absolute atomic E-state index is 12.5. The Balaban J connectivity index is 1.44. The second kappa shape index (κ2) is 7.98. The summed E-state index contributed by atoms with van der Waals surface area (Å²) in [6, 6.07) is 14.2. The predicted molar refractivity (Wildman–Crippen MR) is 113 cm³/mol. The van der Waals surface area contributed by atoms with Gasteiger partial charge in [0.2, 0.25) is 5.91 Å². The maximum atomic E-state index is 12.5. The second-order valence-corrected chi connectivity index (χ2v) is 7.34. The molecule has 0 fully saturated rings. The molecule has 8 heteroatoms.